The fourth-order valence-electron chi connectivity index (χ4n) is 1.59. The zero-order valence-corrected chi connectivity index (χ0v) is 12.5. The van der Waals surface area contributed by atoms with Crippen molar-refractivity contribution in [3.05, 3.63) is 0 Å². The maximum atomic E-state index is 11.8. The molecule has 19 heavy (non-hydrogen) atoms. The van der Waals surface area contributed by atoms with Crippen LogP contribution in [0.3, 0.4) is 0 Å². The third-order valence-electron chi connectivity index (χ3n) is 2.94. The predicted molar refractivity (Wildman–Crippen MR) is 72.6 cm³/mol. The van der Waals surface area contributed by atoms with Gasteiger partial charge in [-0.15, -0.1) is 0 Å². The number of esters is 1. The van der Waals surface area contributed by atoms with Crippen LogP contribution in [0.1, 0.15) is 27.2 Å². The molecular formula is C13H26N2O4. The Kier molecular flexibility index (Phi) is 8.34. The molecular weight excluding hydrogens is 248 g/mol. The van der Waals surface area contributed by atoms with Gasteiger partial charge in [0.05, 0.1) is 20.3 Å². The first-order valence-electron chi connectivity index (χ1n) is 6.50. The molecule has 2 unspecified atom stereocenters. The molecule has 6 nitrogen and oxygen atoms in total. The molecule has 0 fully saturated rings. The molecule has 0 aromatic rings. The Morgan fingerprint density at radius 3 is 2.32 bits per heavy atom. The Bertz CT molecular complexity index is 294. The van der Waals surface area contributed by atoms with E-state index in [4.69, 9.17) is 5.11 Å². The van der Waals surface area contributed by atoms with Crippen LogP contribution in [0.5, 0.6) is 0 Å². The number of hydrogen-bond donors (Lipinski definition) is 2. The number of aliphatic hydroxyl groups excluding tert-OH is 1. The lowest BCUT2D eigenvalue weighted by Crippen LogP contribution is -2.47. The molecule has 112 valence electrons. The monoisotopic (exact) mass is 274 g/mol. The van der Waals surface area contributed by atoms with Gasteiger partial charge in [-0.05, 0) is 26.3 Å². The topological polar surface area (TPSA) is 78.9 Å². The Labute approximate surface area is 115 Å². The van der Waals surface area contributed by atoms with Crippen LogP contribution in [0.15, 0.2) is 0 Å². The summed E-state index contributed by atoms with van der Waals surface area (Å²) in [7, 11) is 3.05. The van der Waals surface area contributed by atoms with Crippen molar-refractivity contribution in [1.82, 2.24) is 10.2 Å². The Morgan fingerprint density at radius 1 is 1.32 bits per heavy atom. The number of likely N-dealkylation sites (N-methyl/N-ethyl adjacent to an activating group) is 1. The van der Waals surface area contributed by atoms with Crippen molar-refractivity contribution >= 4 is 11.9 Å². The first-order valence-corrected chi connectivity index (χ1v) is 6.50. The van der Waals surface area contributed by atoms with E-state index in [9.17, 15) is 9.59 Å². The van der Waals surface area contributed by atoms with Crippen molar-refractivity contribution in [3.63, 3.8) is 0 Å². The molecule has 0 aliphatic carbocycles. The predicted octanol–water partition coefficient (Wildman–Crippen LogP) is 0.00290. The molecule has 0 bridgehead atoms. The van der Waals surface area contributed by atoms with E-state index in [1.165, 1.54) is 7.11 Å². The van der Waals surface area contributed by atoms with E-state index in [0.717, 1.165) is 0 Å². The van der Waals surface area contributed by atoms with Crippen LogP contribution >= 0.6 is 0 Å². The summed E-state index contributed by atoms with van der Waals surface area (Å²) in [6, 6.07) is -0.720. The average molecular weight is 274 g/mol. The SMILES string of the molecule is COC(=O)C(CC(C)C)NC(=O)CN(C)C(C)CO. The highest BCUT2D eigenvalue weighted by Gasteiger charge is 2.23. The van der Waals surface area contributed by atoms with Gasteiger partial charge in [-0.3, -0.25) is 9.69 Å². The highest BCUT2D eigenvalue weighted by molar-refractivity contribution is 5.85. The van der Waals surface area contributed by atoms with Crippen LogP contribution < -0.4 is 5.32 Å². The maximum Gasteiger partial charge on any atom is 0.328 e. The van der Waals surface area contributed by atoms with Gasteiger partial charge in [0.25, 0.3) is 0 Å². The Balaban J connectivity index is 4.42. The summed E-state index contributed by atoms with van der Waals surface area (Å²) in [5, 5.41) is 11.7. The highest BCUT2D eigenvalue weighted by atomic mass is 16.5. The summed E-state index contributed by atoms with van der Waals surface area (Å²) in [5.74, 6) is -0.405. The summed E-state index contributed by atoms with van der Waals surface area (Å²) in [6.07, 6.45) is 0.539. The van der Waals surface area contributed by atoms with E-state index < -0.39 is 12.0 Å². The zero-order chi connectivity index (χ0) is 15.0. The van der Waals surface area contributed by atoms with Crippen molar-refractivity contribution in [2.45, 2.75) is 39.3 Å². The van der Waals surface area contributed by atoms with E-state index in [-0.39, 0.29) is 31.0 Å². The smallest absolute Gasteiger partial charge is 0.328 e. The number of rotatable bonds is 8. The standard InChI is InChI=1S/C13H26N2O4/c1-9(2)6-11(13(18)19-5)14-12(17)7-15(4)10(3)8-16/h9-11,16H,6-8H2,1-5H3,(H,14,17). The molecule has 1 amide bonds. The summed E-state index contributed by atoms with van der Waals surface area (Å²) in [5.41, 5.74) is 0. The van der Waals surface area contributed by atoms with Gasteiger partial charge in [-0.1, -0.05) is 13.8 Å². The van der Waals surface area contributed by atoms with E-state index in [1.54, 1.807) is 11.9 Å². The Hall–Kier alpha value is -1.14. The largest absolute Gasteiger partial charge is 0.467 e. The number of amides is 1. The summed E-state index contributed by atoms with van der Waals surface area (Å²) in [6.45, 7) is 5.88. The summed E-state index contributed by atoms with van der Waals surface area (Å²) >= 11 is 0. The van der Waals surface area contributed by atoms with Crippen LogP contribution in [-0.2, 0) is 14.3 Å². The second-order valence-electron chi connectivity index (χ2n) is 5.22. The molecule has 0 radical (unpaired) electrons. The molecule has 0 aliphatic rings. The van der Waals surface area contributed by atoms with Crippen molar-refractivity contribution in [1.29, 1.82) is 0 Å². The van der Waals surface area contributed by atoms with Gasteiger partial charge in [0.2, 0.25) is 5.91 Å². The summed E-state index contributed by atoms with van der Waals surface area (Å²) in [4.78, 5) is 25.1. The molecule has 0 aromatic heterocycles. The van der Waals surface area contributed by atoms with Crippen molar-refractivity contribution in [2.75, 3.05) is 27.3 Å². The molecule has 2 N–H and O–H groups in total. The van der Waals surface area contributed by atoms with E-state index >= 15 is 0 Å². The summed E-state index contributed by atoms with van der Waals surface area (Å²) < 4.78 is 4.68. The minimum absolute atomic E-state index is 0.0177. The number of carbonyl (C=O) groups is 2. The lowest BCUT2D eigenvalue weighted by molar-refractivity contribution is -0.145. The molecule has 0 heterocycles. The van der Waals surface area contributed by atoms with Crippen LogP contribution in [0.25, 0.3) is 0 Å². The van der Waals surface area contributed by atoms with Crippen LogP contribution in [-0.4, -0.2) is 61.3 Å². The molecule has 0 aliphatic heterocycles. The molecule has 6 heteroatoms. The van der Waals surface area contributed by atoms with Crippen molar-refractivity contribution in [3.8, 4) is 0 Å². The van der Waals surface area contributed by atoms with Gasteiger partial charge < -0.3 is 15.2 Å². The number of ether oxygens (including phenoxy) is 1. The fourth-order valence-corrected chi connectivity index (χ4v) is 1.59. The molecule has 0 spiro atoms. The van der Waals surface area contributed by atoms with Crippen LogP contribution in [0.2, 0.25) is 0 Å². The second kappa shape index (κ2) is 8.87. The molecule has 0 saturated heterocycles. The molecule has 0 saturated carbocycles. The minimum atomic E-state index is -0.615. The minimum Gasteiger partial charge on any atom is -0.467 e. The van der Waals surface area contributed by atoms with Gasteiger partial charge in [-0.2, -0.15) is 0 Å². The Morgan fingerprint density at radius 2 is 1.89 bits per heavy atom. The first kappa shape index (κ1) is 17.9. The van der Waals surface area contributed by atoms with Crippen LogP contribution in [0, 0.1) is 5.92 Å². The van der Waals surface area contributed by atoms with Gasteiger partial charge in [-0.25, -0.2) is 4.79 Å². The quantitative estimate of drug-likeness (QED) is 0.609. The number of hydrogen-bond acceptors (Lipinski definition) is 5. The molecule has 0 rings (SSSR count). The lowest BCUT2D eigenvalue weighted by atomic mass is 10.0. The highest BCUT2D eigenvalue weighted by Crippen LogP contribution is 2.06. The van der Waals surface area contributed by atoms with E-state index in [1.807, 2.05) is 20.8 Å². The van der Waals surface area contributed by atoms with Gasteiger partial charge in [0.15, 0.2) is 0 Å². The maximum absolute atomic E-state index is 11.8. The zero-order valence-electron chi connectivity index (χ0n) is 12.5. The first-order chi connectivity index (χ1) is 8.81. The second-order valence-corrected chi connectivity index (χ2v) is 5.22. The van der Waals surface area contributed by atoms with Gasteiger partial charge in [0, 0.05) is 6.04 Å². The number of aliphatic hydroxyl groups is 1. The molecule has 0 aromatic carbocycles. The number of carbonyl (C=O) groups excluding carboxylic acids is 2. The van der Waals surface area contributed by atoms with Crippen LogP contribution in [0.4, 0.5) is 0 Å². The number of methoxy groups -OCH3 is 1. The van der Waals surface area contributed by atoms with E-state index in [0.29, 0.717) is 6.42 Å². The van der Waals surface area contributed by atoms with Gasteiger partial charge in [0.1, 0.15) is 6.04 Å². The third-order valence-corrected chi connectivity index (χ3v) is 2.94. The number of nitrogens with one attached hydrogen (secondary N) is 1. The van der Waals surface area contributed by atoms with E-state index in [2.05, 4.69) is 10.1 Å². The van der Waals surface area contributed by atoms with Crippen molar-refractivity contribution in [2.24, 2.45) is 5.92 Å². The number of nitrogens with zero attached hydrogens (tertiary/aromatic N) is 1. The average Bonchev–Trinajstić information content (AvgIpc) is 2.35. The third kappa shape index (κ3) is 7.12. The van der Waals surface area contributed by atoms with Gasteiger partial charge >= 0.3 is 5.97 Å². The molecule has 2 atom stereocenters. The lowest BCUT2D eigenvalue weighted by Gasteiger charge is -2.24. The van der Waals surface area contributed by atoms with Crippen molar-refractivity contribution < 1.29 is 19.4 Å². The fraction of sp³-hybridized carbons (Fsp3) is 0.846. The normalized spacial score (nSPS) is 14.3.